The Balaban J connectivity index is 1.47. The van der Waals surface area contributed by atoms with Crippen LogP contribution in [0.5, 0.6) is 0 Å². The van der Waals surface area contributed by atoms with Crippen molar-refractivity contribution < 1.29 is 33.6 Å². The lowest BCUT2D eigenvalue weighted by Gasteiger charge is -2.46. The zero-order valence-electron chi connectivity index (χ0n) is 18.3. The SMILES string of the molecule is C=CCOC(=O)c1ccccc1CO[C@H]1O[C@@H]2CO[C@@H](c3ccccc3)O[C@H]2[C@H](O)[C@H]1N=[N+]=[N-]. The molecular formula is C24H25N3O7. The Morgan fingerprint density at radius 3 is 2.74 bits per heavy atom. The topological polar surface area (TPSA) is 132 Å². The lowest BCUT2D eigenvalue weighted by molar-refractivity contribution is -0.343. The van der Waals surface area contributed by atoms with Crippen LogP contribution in [-0.2, 0) is 30.3 Å². The molecule has 0 aliphatic carbocycles. The van der Waals surface area contributed by atoms with E-state index >= 15 is 0 Å². The molecule has 178 valence electrons. The molecule has 2 aromatic rings. The molecule has 2 saturated heterocycles. The standard InChI is InChI=1S/C24H25N3O7/c1-2-12-30-22(29)17-11-7-6-10-16(17)13-31-24-19(26-27-25)20(28)21-18(33-24)14-32-23(34-21)15-8-4-3-5-9-15/h2-11,18-21,23-24,28H,1,12-14H2/t18-,19-,20-,21-,23-,24+/m1/s1. The van der Waals surface area contributed by atoms with Gasteiger partial charge in [0.05, 0.1) is 24.9 Å². The van der Waals surface area contributed by atoms with Gasteiger partial charge in [-0.15, -0.1) is 0 Å². The first-order valence-corrected chi connectivity index (χ1v) is 10.8. The summed E-state index contributed by atoms with van der Waals surface area (Å²) in [6, 6.07) is 15.0. The third kappa shape index (κ3) is 5.28. The highest BCUT2D eigenvalue weighted by Crippen LogP contribution is 2.35. The van der Waals surface area contributed by atoms with Crippen LogP contribution in [-0.4, -0.2) is 54.9 Å². The highest BCUT2D eigenvalue weighted by molar-refractivity contribution is 5.91. The number of aliphatic hydroxyl groups excluding tert-OH is 1. The molecule has 0 amide bonds. The summed E-state index contributed by atoms with van der Waals surface area (Å²) in [7, 11) is 0. The van der Waals surface area contributed by atoms with E-state index in [2.05, 4.69) is 16.6 Å². The number of nitrogens with zero attached hydrogens (tertiary/aromatic N) is 3. The van der Waals surface area contributed by atoms with E-state index in [0.29, 0.717) is 11.1 Å². The Bertz CT molecular complexity index is 1040. The average Bonchev–Trinajstić information content (AvgIpc) is 2.88. The molecule has 10 heteroatoms. The molecule has 0 spiro atoms. The summed E-state index contributed by atoms with van der Waals surface area (Å²) in [6.45, 7) is 3.72. The molecule has 2 aromatic carbocycles. The normalized spacial score (nSPS) is 28.3. The average molecular weight is 467 g/mol. The van der Waals surface area contributed by atoms with E-state index in [4.69, 9.17) is 29.2 Å². The number of azide groups is 1. The quantitative estimate of drug-likeness (QED) is 0.207. The van der Waals surface area contributed by atoms with E-state index in [1.54, 1.807) is 24.3 Å². The van der Waals surface area contributed by atoms with Gasteiger partial charge in [-0.1, -0.05) is 66.3 Å². The van der Waals surface area contributed by atoms with Gasteiger partial charge < -0.3 is 28.8 Å². The van der Waals surface area contributed by atoms with E-state index in [1.165, 1.54) is 6.08 Å². The van der Waals surface area contributed by atoms with Crippen LogP contribution >= 0.6 is 0 Å². The third-order valence-corrected chi connectivity index (χ3v) is 5.56. The summed E-state index contributed by atoms with van der Waals surface area (Å²) < 4.78 is 28.7. The second kappa shape index (κ2) is 11.3. The number of aliphatic hydroxyl groups is 1. The summed E-state index contributed by atoms with van der Waals surface area (Å²) >= 11 is 0. The van der Waals surface area contributed by atoms with Crippen LogP contribution in [0.1, 0.15) is 27.8 Å². The van der Waals surface area contributed by atoms with Gasteiger partial charge >= 0.3 is 5.97 Å². The molecule has 4 rings (SSSR count). The Labute approximate surface area is 196 Å². The number of hydrogen-bond donors (Lipinski definition) is 1. The molecule has 10 nitrogen and oxygen atoms in total. The predicted octanol–water partition coefficient (Wildman–Crippen LogP) is 3.42. The van der Waals surface area contributed by atoms with Crippen molar-refractivity contribution in [2.24, 2.45) is 5.11 Å². The fourth-order valence-corrected chi connectivity index (χ4v) is 3.91. The summed E-state index contributed by atoms with van der Waals surface area (Å²) in [6.07, 6.45) is -2.90. The molecule has 0 saturated carbocycles. The van der Waals surface area contributed by atoms with Gasteiger partial charge in [-0.2, -0.15) is 0 Å². The van der Waals surface area contributed by atoms with Crippen LogP contribution in [0, 0.1) is 0 Å². The molecule has 0 bridgehead atoms. The number of fused-ring (bicyclic) bond motifs is 1. The molecule has 2 heterocycles. The Kier molecular flexibility index (Phi) is 7.91. The minimum Gasteiger partial charge on any atom is -0.458 e. The van der Waals surface area contributed by atoms with Gasteiger partial charge in [0.25, 0.3) is 0 Å². The van der Waals surface area contributed by atoms with Crippen molar-refractivity contribution in [2.45, 2.75) is 43.5 Å². The Morgan fingerprint density at radius 1 is 1.21 bits per heavy atom. The highest BCUT2D eigenvalue weighted by atomic mass is 16.7. The zero-order valence-corrected chi connectivity index (χ0v) is 18.3. The zero-order chi connectivity index (χ0) is 23.9. The number of carbonyl (C=O) groups excluding carboxylic acids is 1. The largest absolute Gasteiger partial charge is 0.458 e. The maximum atomic E-state index is 12.3. The first-order valence-electron chi connectivity index (χ1n) is 10.8. The minimum atomic E-state index is -1.19. The summed E-state index contributed by atoms with van der Waals surface area (Å²) in [4.78, 5) is 15.2. The third-order valence-electron chi connectivity index (χ3n) is 5.56. The summed E-state index contributed by atoms with van der Waals surface area (Å²) in [5.41, 5.74) is 10.7. The van der Waals surface area contributed by atoms with Crippen molar-refractivity contribution >= 4 is 5.97 Å². The lowest BCUT2D eigenvalue weighted by Crippen LogP contribution is -2.61. The van der Waals surface area contributed by atoms with Gasteiger partial charge in [0, 0.05) is 10.5 Å². The number of benzene rings is 2. The lowest BCUT2D eigenvalue weighted by atomic mass is 9.96. The molecule has 6 atom stereocenters. The summed E-state index contributed by atoms with van der Waals surface area (Å²) in [5.74, 6) is -0.517. The highest BCUT2D eigenvalue weighted by Gasteiger charge is 2.49. The van der Waals surface area contributed by atoms with Crippen LogP contribution in [0.15, 0.2) is 72.4 Å². The second-order valence-electron chi connectivity index (χ2n) is 7.76. The van der Waals surface area contributed by atoms with Crippen molar-refractivity contribution in [1.29, 1.82) is 0 Å². The first-order chi connectivity index (χ1) is 16.6. The van der Waals surface area contributed by atoms with Crippen molar-refractivity contribution in [2.75, 3.05) is 13.2 Å². The number of ether oxygens (including phenoxy) is 5. The number of carbonyl (C=O) groups is 1. The smallest absolute Gasteiger partial charge is 0.338 e. The molecule has 34 heavy (non-hydrogen) atoms. The van der Waals surface area contributed by atoms with Crippen LogP contribution < -0.4 is 0 Å². The number of rotatable bonds is 8. The Morgan fingerprint density at radius 2 is 1.97 bits per heavy atom. The van der Waals surface area contributed by atoms with Crippen LogP contribution in [0.4, 0.5) is 0 Å². The van der Waals surface area contributed by atoms with E-state index in [-0.39, 0.29) is 19.8 Å². The van der Waals surface area contributed by atoms with Crippen LogP contribution in [0.2, 0.25) is 0 Å². The van der Waals surface area contributed by atoms with Gasteiger partial charge in [-0.3, -0.25) is 0 Å². The van der Waals surface area contributed by atoms with Crippen molar-refractivity contribution in [3.8, 4) is 0 Å². The van der Waals surface area contributed by atoms with Gasteiger partial charge in [0.15, 0.2) is 12.6 Å². The molecule has 1 N–H and O–H groups in total. The maximum Gasteiger partial charge on any atom is 0.338 e. The molecule has 2 aliphatic heterocycles. The minimum absolute atomic E-state index is 0.0417. The van der Waals surface area contributed by atoms with Gasteiger partial charge in [-0.05, 0) is 17.2 Å². The van der Waals surface area contributed by atoms with Crippen molar-refractivity contribution in [1.82, 2.24) is 0 Å². The molecular weight excluding hydrogens is 442 g/mol. The van der Waals surface area contributed by atoms with E-state index < -0.39 is 42.9 Å². The Hall–Kier alpha value is -3.24. The summed E-state index contributed by atoms with van der Waals surface area (Å²) in [5, 5.41) is 14.7. The molecule has 2 fully saturated rings. The fraction of sp³-hybridized carbons (Fsp3) is 0.375. The van der Waals surface area contributed by atoms with E-state index in [9.17, 15) is 9.90 Å². The second-order valence-corrected chi connectivity index (χ2v) is 7.76. The fourth-order valence-electron chi connectivity index (χ4n) is 3.91. The monoisotopic (exact) mass is 467 g/mol. The van der Waals surface area contributed by atoms with Gasteiger partial charge in [0.1, 0.15) is 24.9 Å². The van der Waals surface area contributed by atoms with E-state index in [1.807, 2.05) is 30.3 Å². The van der Waals surface area contributed by atoms with Gasteiger partial charge in [-0.25, -0.2) is 4.79 Å². The molecule has 2 aliphatic rings. The molecule has 0 unspecified atom stereocenters. The molecule has 0 radical (unpaired) electrons. The first kappa shape index (κ1) is 23.9. The predicted molar refractivity (Wildman–Crippen MR) is 119 cm³/mol. The number of hydrogen-bond acceptors (Lipinski definition) is 8. The van der Waals surface area contributed by atoms with Crippen molar-refractivity contribution in [3.05, 3.63) is 94.4 Å². The van der Waals surface area contributed by atoms with Gasteiger partial charge in [0.2, 0.25) is 0 Å². The van der Waals surface area contributed by atoms with Crippen LogP contribution in [0.25, 0.3) is 10.4 Å². The maximum absolute atomic E-state index is 12.3. The van der Waals surface area contributed by atoms with E-state index in [0.717, 1.165) is 5.56 Å². The van der Waals surface area contributed by atoms with Crippen molar-refractivity contribution in [3.63, 3.8) is 0 Å². The van der Waals surface area contributed by atoms with Crippen LogP contribution in [0.3, 0.4) is 0 Å². The molecule has 0 aromatic heterocycles. The number of esters is 1.